The van der Waals surface area contributed by atoms with Crippen molar-refractivity contribution in [2.45, 2.75) is 19.9 Å². The highest BCUT2D eigenvalue weighted by atomic mass is 19.1. The van der Waals surface area contributed by atoms with E-state index in [4.69, 9.17) is 5.73 Å². The van der Waals surface area contributed by atoms with Gasteiger partial charge in [-0.25, -0.2) is 14.1 Å². The summed E-state index contributed by atoms with van der Waals surface area (Å²) < 4.78 is 14.8. The lowest BCUT2D eigenvalue weighted by Crippen LogP contribution is -2.18. The summed E-state index contributed by atoms with van der Waals surface area (Å²) in [5, 5.41) is 11.6. The Balaban J connectivity index is 1.65. The lowest BCUT2D eigenvalue weighted by molar-refractivity contribution is 0.0996. The molecule has 4 aromatic rings. The third-order valence-electron chi connectivity index (χ3n) is 4.86. The molecule has 2 amide bonds. The van der Waals surface area contributed by atoms with Gasteiger partial charge < -0.3 is 11.1 Å². The number of nitrogens with two attached hydrogens (primary N) is 1. The zero-order valence-electron chi connectivity index (χ0n) is 16.7. The average Bonchev–Trinajstić information content (AvgIpc) is 3.15. The highest BCUT2D eigenvalue weighted by Crippen LogP contribution is 2.21. The number of para-hydroxylation sites is 1. The minimum absolute atomic E-state index is 0.000436. The Hall–Kier alpha value is -4.14. The van der Waals surface area contributed by atoms with Crippen LogP contribution < -0.4 is 11.1 Å². The molecule has 0 radical (unpaired) electrons. The van der Waals surface area contributed by atoms with Gasteiger partial charge in [-0.1, -0.05) is 42.5 Å². The molecule has 156 valence electrons. The van der Waals surface area contributed by atoms with E-state index in [0.29, 0.717) is 35.4 Å². The number of nitrogens with zero attached hydrogens (tertiary/aromatic N) is 4. The van der Waals surface area contributed by atoms with Gasteiger partial charge in [0.25, 0.3) is 11.8 Å². The summed E-state index contributed by atoms with van der Waals surface area (Å²) >= 11 is 0. The Morgan fingerprint density at radius 1 is 1.13 bits per heavy atom. The molecule has 0 fully saturated rings. The number of hydrogen-bond acceptors (Lipinski definition) is 5. The molecule has 0 bridgehead atoms. The van der Waals surface area contributed by atoms with Crippen LogP contribution in [-0.2, 0) is 13.0 Å². The summed E-state index contributed by atoms with van der Waals surface area (Å²) in [6.45, 7) is 2.30. The molecule has 0 aliphatic carbocycles. The molecule has 2 heterocycles. The molecule has 8 nitrogen and oxygen atoms in total. The first-order valence-corrected chi connectivity index (χ1v) is 9.64. The van der Waals surface area contributed by atoms with Crippen molar-refractivity contribution in [3.05, 3.63) is 82.9 Å². The molecule has 2 aromatic carbocycles. The first-order valence-electron chi connectivity index (χ1n) is 9.64. The van der Waals surface area contributed by atoms with Gasteiger partial charge >= 0.3 is 0 Å². The van der Waals surface area contributed by atoms with Gasteiger partial charge in [-0.05, 0) is 36.2 Å². The highest BCUT2D eigenvalue weighted by Gasteiger charge is 2.19. The van der Waals surface area contributed by atoms with E-state index in [1.54, 1.807) is 41.1 Å². The Morgan fingerprint density at radius 2 is 1.87 bits per heavy atom. The molecule has 9 heteroatoms. The van der Waals surface area contributed by atoms with E-state index in [-0.39, 0.29) is 17.1 Å². The number of nitrogens with one attached hydrogen (secondary N) is 1. The summed E-state index contributed by atoms with van der Waals surface area (Å²) in [6, 6.07) is 14.5. The summed E-state index contributed by atoms with van der Waals surface area (Å²) in [5.74, 6) is -1.18. The molecule has 3 N–H and O–H groups in total. The standard InChI is InChI=1S/C22H19FN6O2/c1-2-19-21(27-28-29(19)12-13-7-9-14(23)10-8-13)26-22(31)16-11-18(20(24)30)25-17-6-4-3-5-15(16)17/h3-11H,2,12H2,1H3,(H2,24,30)(H,26,31). The predicted octanol–water partition coefficient (Wildman–Crippen LogP) is 2.93. The maximum absolute atomic E-state index is 13.2. The van der Waals surface area contributed by atoms with Gasteiger partial charge in [0.15, 0.2) is 5.82 Å². The number of anilines is 1. The highest BCUT2D eigenvalue weighted by molar-refractivity contribution is 6.13. The lowest BCUT2D eigenvalue weighted by Gasteiger charge is -2.10. The van der Waals surface area contributed by atoms with E-state index >= 15 is 0 Å². The van der Waals surface area contributed by atoms with Gasteiger partial charge in [-0.2, -0.15) is 0 Å². The Kier molecular flexibility index (Phi) is 5.40. The molecule has 0 spiro atoms. The van der Waals surface area contributed by atoms with Crippen molar-refractivity contribution in [2.24, 2.45) is 5.73 Å². The van der Waals surface area contributed by atoms with E-state index in [0.717, 1.165) is 5.56 Å². The number of amides is 2. The third-order valence-corrected chi connectivity index (χ3v) is 4.86. The van der Waals surface area contributed by atoms with E-state index in [1.165, 1.54) is 18.2 Å². The first-order chi connectivity index (χ1) is 15.0. The lowest BCUT2D eigenvalue weighted by atomic mass is 10.1. The van der Waals surface area contributed by atoms with Gasteiger partial charge in [0.05, 0.1) is 23.3 Å². The van der Waals surface area contributed by atoms with Crippen LogP contribution in [0.25, 0.3) is 10.9 Å². The fourth-order valence-electron chi connectivity index (χ4n) is 3.33. The van der Waals surface area contributed by atoms with E-state index < -0.39 is 11.8 Å². The third kappa shape index (κ3) is 4.11. The number of primary amides is 1. The molecular weight excluding hydrogens is 399 g/mol. The maximum atomic E-state index is 13.2. The van der Waals surface area contributed by atoms with Crippen molar-refractivity contribution >= 4 is 28.5 Å². The van der Waals surface area contributed by atoms with Gasteiger partial charge in [0, 0.05) is 5.39 Å². The summed E-state index contributed by atoms with van der Waals surface area (Å²) in [4.78, 5) is 28.9. The van der Waals surface area contributed by atoms with E-state index in [1.807, 2.05) is 6.92 Å². The van der Waals surface area contributed by atoms with Crippen LogP contribution in [0.3, 0.4) is 0 Å². The molecule has 31 heavy (non-hydrogen) atoms. The Bertz CT molecular complexity index is 1280. The van der Waals surface area contributed by atoms with Crippen molar-refractivity contribution < 1.29 is 14.0 Å². The summed E-state index contributed by atoms with van der Waals surface area (Å²) in [6.07, 6.45) is 0.563. The normalized spacial score (nSPS) is 10.9. The number of rotatable bonds is 6. The zero-order chi connectivity index (χ0) is 22.0. The molecule has 0 unspecified atom stereocenters. The van der Waals surface area contributed by atoms with Crippen LogP contribution in [0, 0.1) is 5.82 Å². The zero-order valence-corrected chi connectivity index (χ0v) is 16.7. The van der Waals surface area contributed by atoms with Crippen molar-refractivity contribution in [3.8, 4) is 0 Å². The SMILES string of the molecule is CCc1c(NC(=O)c2cc(C(N)=O)nc3ccccc23)nnn1Cc1ccc(F)cc1. The quantitative estimate of drug-likeness (QED) is 0.499. The second kappa shape index (κ2) is 8.31. The molecule has 4 rings (SSSR count). The topological polar surface area (TPSA) is 116 Å². The maximum Gasteiger partial charge on any atom is 0.267 e. The van der Waals surface area contributed by atoms with Crippen molar-refractivity contribution in [1.82, 2.24) is 20.0 Å². The molecule has 0 aliphatic rings. The van der Waals surface area contributed by atoms with Crippen LogP contribution in [0.1, 0.15) is 39.0 Å². The fourth-order valence-corrected chi connectivity index (χ4v) is 3.33. The van der Waals surface area contributed by atoms with E-state index in [2.05, 4.69) is 20.6 Å². The van der Waals surface area contributed by atoms with Gasteiger partial charge in [0.1, 0.15) is 11.5 Å². The van der Waals surface area contributed by atoms with Gasteiger partial charge in [-0.3, -0.25) is 9.59 Å². The number of benzene rings is 2. The van der Waals surface area contributed by atoms with Crippen molar-refractivity contribution in [2.75, 3.05) is 5.32 Å². The molecule has 0 aliphatic heterocycles. The number of fused-ring (bicyclic) bond motifs is 1. The van der Waals surface area contributed by atoms with E-state index in [9.17, 15) is 14.0 Å². The minimum atomic E-state index is -0.723. The largest absolute Gasteiger partial charge is 0.364 e. The number of aromatic nitrogens is 4. The Morgan fingerprint density at radius 3 is 2.58 bits per heavy atom. The summed E-state index contributed by atoms with van der Waals surface area (Å²) in [7, 11) is 0. The minimum Gasteiger partial charge on any atom is -0.364 e. The number of carbonyl (C=O) groups is 2. The van der Waals surface area contributed by atoms with Gasteiger partial charge in [-0.15, -0.1) is 5.10 Å². The molecular formula is C22H19FN6O2. The monoisotopic (exact) mass is 418 g/mol. The number of hydrogen-bond donors (Lipinski definition) is 2. The van der Waals surface area contributed by atoms with Crippen LogP contribution in [0.15, 0.2) is 54.6 Å². The molecule has 0 saturated carbocycles. The average molecular weight is 418 g/mol. The predicted molar refractivity (Wildman–Crippen MR) is 113 cm³/mol. The van der Waals surface area contributed by atoms with Crippen LogP contribution in [-0.4, -0.2) is 31.8 Å². The van der Waals surface area contributed by atoms with Gasteiger partial charge in [0.2, 0.25) is 0 Å². The van der Waals surface area contributed by atoms with Crippen molar-refractivity contribution in [1.29, 1.82) is 0 Å². The van der Waals surface area contributed by atoms with Crippen LogP contribution in [0.4, 0.5) is 10.2 Å². The second-order valence-electron chi connectivity index (χ2n) is 6.91. The molecule has 2 aromatic heterocycles. The number of halogens is 1. The van der Waals surface area contributed by atoms with Crippen LogP contribution >= 0.6 is 0 Å². The smallest absolute Gasteiger partial charge is 0.267 e. The molecule has 0 atom stereocenters. The fraction of sp³-hybridized carbons (Fsp3) is 0.136. The first kappa shape index (κ1) is 20.1. The Labute approximate surface area is 176 Å². The van der Waals surface area contributed by atoms with Crippen LogP contribution in [0.5, 0.6) is 0 Å². The second-order valence-corrected chi connectivity index (χ2v) is 6.91. The number of pyridine rings is 1. The molecule has 0 saturated heterocycles. The van der Waals surface area contributed by atoms with Crippen molar-refractivity contribution in [3.63, 3.8) is 0 Å². The number of carbonyl (C=O) groups excluding carboxylic acids is 2. The summed E-state index contributed by atoms with van der Waals surface area (Å²) in [5.41, 5.74) is 7.69. The van der Waals surface area contributed by atoms with Crippen LogP contribution in [0.2, 0.25) is 0 Å².